The number of halogens is 1. The molecule has 3 aromatic rings. The summed E-state index contributed by atoms with van der Waals surface area (Å²) in [4.78, 5) is 29.4. The van der Waals surface area contributed by atoms with Crippen LogP contribution in [0.15, 0.2) is 83.8 Å². The molecule has 1 saturated heterocycles. The lowest BCUT2D eigenvalue weighted by atomic mass is 10.0. The molecule has 4 rings (SSSR count). The number of carbonyl (C=O) groups is 2. The molecule has 236 valence electrons. The predicted octanol–water partition coefficient (Wildman–Crippen LogP) is 5.24. The van der Waals surface area contributed by atoms with Gasteiger partial charge in [-0.2, -0.15) is 4.31 Å². The predicted molar refractivity (Wildman–Crippen MR) is 168 cm³/mol. The van der Waals surface area contributed by atoms with Crippen molar-refractivity contribution < 1.29 is 27.1 Å². The Labute approximate surface area is 260 Å². The summed E-state index contributed by atoms with van der Waals surface area (Å²) in [5.41, 5.74) is 2.16. The van der Waals surface area contributed by atoms with E-state index in [2.05, 4.69) is 5.32 Å². The molecule has 8 nitrogen and oxygen atoms in total. The van der Waals surface area contributed by atoms with Gasteiger partial charge in [-0.25, -0.2) is 12.8 Å². The zero-order valence-corrected chi connectivity index (χ0v) is 26.3. The van der Waals surface area contributed by atoms with E-state index in [1.807, 2.05) is 44.2 Å². The third-order valence-electron chi connectivity index (χ3n) is 7.59. The SMILES string of the molecule is CC(C)OCCCNC(=O)[C@@H](c1ccccc1)N(Cc1ccc(F)cc1)C(=O)CCc1ccc(S(=O)(=O)N2CCCC2)cc1. The van der Waals surface area contributed by atoms with Gasteiger partial charge in [0, 0.05) is 39.2 Å². The van der Waals surface area contributed by atoms with Crippen molar-refractivity contribution >= 4 is 21.8 Å². The Kier molecular flexibility index (Phi) is 12.1. The summed E-state index contributed by atoms with van der Waals surface area (Å²) in [5.74, 6) is -0.953. The maximum absolute atomic E-state index is 13.9. The number of rotatable bonds is 15. The van der Waals surface area contributed by atoms with Gasteiger partial charge in [-0.1, -0.05) is 54.6 Å². The summed E-state index contributed by atoms with van der Waals surface area (Å²) < 4.78 is 46.6. The zero-order valence-electron chi connectivity index (χ0n) is 25.5. The van der Waals surface area contributed by atoms with Crippen LogP contribution < -0.4 is 5.32 Å². The van der Waals surface area contributed by atoms with E-state index in [9.17, 15) is 22.4 Å². The van der Waals surface area contributed by atoms with E-state index in [1.54, 1.807) is 36.4 Å². The van der Waals surface area contributed by atoms with E-state index >= 15 is 0 Å². The van der Waals surface area contributed by atoms with Gasteiger partial charge in [0.25, 0.3) is 0 Å². The van der Waals surface area contributed by atoms with Crippen molar-refractivity contribution in [1.29, 1.82) is 0 Å². The maximum Gasteiger partial charge on any atom is 0.247 e. The molecule has 1 fully saturated rings. The van der Waals surface area contributed by atoms with Crippen LogP contribution in [0.2, 0.25) is 0 Å². The van der Waals surface area contributed by atoms with Crippen LogP contribution in [0.1, 0.15) is 62.3 Å². The summed E-state index contributed by atoms with van der Waals surface area (Å²) in [5, 5.41) is 2.97. The lowest BCUT2D eigenvalue weighted by molar-refractivity contribution is -0.141. The highest BCUT2D eigenvalue weighted by Gasteiger charge is 2.31. The van der Waals surface area contributed by atoms with Crippen LogP contribution in [0, 0.1) is 5.82 Å². The Morgan fingerprint density at radius 2 is 1.57 bits per heavy atom. The molecule has 10 heteroatoms. The van der Waals surface area contributed by atoms with Crippen molar-refractivity contribution in [1.82, 2.24) is 14.5 Å². The molecule has 0 spiro atoms. The van der Waals surface area contributed by atoms with E-state index in [4.69, 9.17) is 4.74 Å². The highest BCUT2D eigenvalue weighted by Crippen LogP contribution is 2.26. The smallest absolute Gasteiger partial charge is 0.247 e. The van der Waals surface area contributed by atoms with Crippen LogP contribution in [-0.4, -0.2) is 61.8 Å². The van der Waals surface area contributed by atoms with Crippen LogP contribution >= 0.6 is 0 Å². The lowest BCUT2D eigenvalue weighted by Crippen LogP contribution is -2.44. The summed E-state index contributed by atoms with van der Waals surface area (Å²) in [7, 11) is -3.53. The largest absolute Gasteiger partial charge is 0.379 e. The second-order valence-electron chi connectivity index (χ2n) is 11.3. The van der Waals surface area contributed by atoms with Gasteiger partial charge in [-0.3, -0.25) is 9.59 Å². The number of nitrogens with one attached hydrogen (secondary N) is 1. The van der Waals surface area contributed by atoms with Crippen molar-refractivity contribution in [3.8, 4) is 0 Å². The number of sulfonamides is 1. The molecule has 1 heterocycles. The number of hydrogen-bond acceptors (Lipinski definition) is 5. The topological polar surface area (TPSA) is 96.0 Å². The molecule has 44 heavy (non-hydrogen) atoms. The molecule has 0 aliphatic carbocycles. The van der Waals surface area contributed by atoms with Crippen LogP contribution in [0.3, 0.4) is 0 Å². The molecule has 0 saturated carbocycles. The minimum Gasteiger partial charge on any atom is -0.379 e. The van der Waals surface area contributed by atoms with Crippen LogP contribution in [-0.2, 0) is 37.3 Å². The van der Waals surface area contributed by atoms with E-state index < -0.39 is 16.1 Å². The van der Waals surface area contributed by atoms with Gasteiger partial charge in [-0.15, -0.1) is 0 Å². The molecular formula is C34H42FN3O5S. The van der Waals surface area contributed by atoms with Crippen molar-refractivity contribution in [3.05, 3.63) is 101 Å². The summed E-state index contributed by atoms with van der Waals surface area (Å²) in [6.07, 6.45) is 2.90. The van der Waals surface area contributed by atoms with Gasteiger partial charge in [0.2, 0.25) is 21.8 Å². The fourth-order valence-corrected chi connectivity index (χ4v) is 6.74. The summed E-state index contributed by atoms with van der Waals surface area (Å²) >= 11 is 0. The van der Waals surface area contributed by atoms with E-state index in [0.717, 1.165) is 18.4 Å². The Morgan fingerprint density at radius 1 is 0.932 bits per heavy atom. The first-order valence-electron chi connectivity index (χ1n) is 15.2. The molecule has 0 bridgehead atoms. The van der Waals surface area contributed by atoms with E-state index in [0.29, 0.717) is 50.2 Å². The van der Waals surface area contributed by atoms with Crippen molar-refractivity contribution in [2.45, 2.75) is 69.5 Å². The number of ether oxygens (including phenoxy) is 1. The fourth-order valence-electron chi connectivity index (χ4n) is 5.22. The molecule has 1 N–H and O–H groups in total. The number of nitrogens with zero attached hydrogens (tertiary/aromatic N) is 2. The van der Waals surface area contributed by atoms with Gasteiger partial charge in [0.15, 0.2) is 0 Å². The third kappa shape index (κ3) is 9.20. The van der Waals surface area contributed by atoms with Crippen molar-refractivity contribution in [2.24, 2.45) is 0 Å². The molecule has 1 aliphatic rings. The van der Waals surface area contributed by atoms with E-state index in [-0.39, 0.29) is 41.6 Å². The average Bonchev–Trinajstić information content (AvgIpc) is 3.57. The third-order valence-corrected chi connectivity index (χ3v) is 9.50. The van der Waals surface area contributed by atoms with Crippen LogP contribution in [0.25, 0.3) is 0 Å². The van der Waals surface area contributed by atoms with Gasteiger partial charge >= 0.3 is 0 Å². The Morgan fingerprint density at radius 3 is 2.20 bits per heavy atom. The molecule has 0 unspecified atom stereocenters. The molecule has 1 atom stereocenters. The first-order valence-corrected chi connectivity index (χ1v) is 16.7. The first-order chi connectivity index (χ1) is 21.1. The number of aryl methyl sites for hydroxylation is 1. The standard InChI is InChI=1S/C34H42FN3O5S/c1-26(2)43-24-8-21-36-34(40)33(29-9-4-3-5-10-29)38(25-28-11-16-30(35)17-12-28)32(39)20-15-27-13-18-31(19-14-27)44(41,42)37-22-6-7-23-37/h3-5,9-14,16-19,26,33H,6-8,15,20-25H2,1-2H3,(H,36,40)/t33-/m1/s1. The molecule has 0 aromatic heterocycles. The summed E-state index contributed by atoms with van der Waals surface area (Å²) in [6.45, 7) is 5.97. The summed E-state index contributed by atoms with van der Waals surface area (Å²) in [6, 6.07) is 20.8. The van der Waals surface area contributed by atoms with Crippen LogP contribution in [0.4, 0.5) is 4.39 Å². The monoisotopic (exact) mass is 623 g/mol. The van der Waals surface area contributed by atoms with Gasteiger partial charge in [0.1, 0.15) is 11.9 Å². The molecule has 1 aliphatic heterocycles. The minimum atomic E-state index is -3.53. The minimum absolute atomic E-state index is 0.0947. The highest BCUT2D eigenvalue weighted by molar-refractivity contribution is 7.89. The zero-order chi connectivity index (χ0) is 31.5. The second kappa shape index (κ2) is 15.9. The normalized spacial score (nSPS) is 14.5. The molecule has 2 amide bonds. The molecular weight excluding hydrogens is 581 g/mol. The van der Waals surface area contributed by atoms with Crippen LogP contribution in [0.5, 0.6) is 0 Å². The second-order valence-corrected chi connectivity index (χ2v) is 13.2. The van der Waals surface area contributed by atoms with Gasteiger partial charge < -0.3 is 15.0 Å². The lowest BCUT2D eigenvalue weighted by Gasteiger charge is -2.32. The first kappa shape index (κ1) is 33.3. The maximum atomic E-state index is 13.9. The Hall–Kier alpha value is -3.60. The molecule has 0 radical (unpaired) electrons. The fraction of sp³-hybridized carbons (Fsp3) is 0.412. The average molecular weight is 624 g/mol. The van der Waals surface area contributed by atoms with Crippen molar-refractivity contribution in [3.63, 3.8) is 0 Å². The quantitative estimate of drug-likeness (QED) is 0.234. The number of hydrogen-bond donors (Lipinski definition) is 1. The Balaban J connectivity index is 1.52. The van der Waals surface area contributed by atoms with E-state index in [1.165, 1.54) is 21.3 Å². The Bertz CT molecular complexity index is 1460. The molecule has 3 aromatic carbocycles. The number of carbonyl (C=O) groups excluding carboxylic acids is 2. The van der Waals surface area contributed by atoms with Crippen molar-refractivity contribution in [2.75, 3.05) is 26.2 Å². The number of benzene rings is 3. The highest BCUT2D eigenvalue weighted by atomic mass is 32.2. The van der Waals surface area contributed by atoms with Gasteiger partial charge in [0.05, 0.1) is 11.0 Å². The van der Waals surface area contributed by atoms with Gasteiger partial charge in [-0.05, 0) is 80.5 Å². The number of amides is 2.